The summed E-state index contributed by atoms with van der Waals surface area (Å²) < 4.78 is 28.2. The van der Waals surface area contributed by atoms with Crippen LogP contribution in [0.15, 0.2) is 35.5 Å². The lowest BCUT2D eigenvalue weighted by Crippen LogP contribution is -2.50. The molecule has 0 unspecified atom stereocenters. The number of carbonyl (C=O) groups excluding carboxylic acids is 1. The quantitative estimate of drug-likeness (QED) is 0.821. The van der Waals surface area contributed by atoms with Crippen LogP contribution in [-0.2, 0) is 21.9 Å². The fourth-order valence-corrected chi connectivity index (χ4v) is 4.61. The summed E-state index contributed by atoms with van der Waals surface area (Å²) in [6.45, 7) is 5.91. The second-order valence-electron chi connectivity index (χ2n) is 6.84. The fourth-order valence-electron chi connectivity index (χ4n) is 3.20. The molecule has 0 radical (unpaired) electrons. The van der Waals surface area contributed by atoms with E-state index in [0.717, 1.165) is 16.8 Å². The van der Waals surface area contributed by atoms with E-state index in [1.807, 2.05) is 36.9 Å². The molecule has 0 aliphatic carbocycles. The van der Waals surface area contributed by atoms with Gasteiger partial charge in [-0.25, -0.2) is 8.42 Å². The predicted molar refractivity (Wildman–Crippen MR) is 103 cm³/mol. The van der Waals surface area contributed by atoms with Gasteiger partial charge in [0.1, 0.15) is 4.90 Å². The van der Waals surface area contributed by atoms with Crippen molar-refractivity contribution in [2.24, 2.45) is 7.05 Å². The van der Waals surface area contributed by atoms with Gasteiger partial charge in [-0.1, -0.05) is 18.2 Å². The average molecular weight is 391 g/mol. The van der Waals surface area contributed by atoms with Gasteiger partial charge in [0.2, 0.25) is 15.9 Å². The van der Waals surface area contributed by atoms with E-state index in [4.69, 9.17) is 0 Å². The molecule has 0 bridgehead atoms. The van der Waals surface area contributed by atoms with Gasteiger partial charge >= 0.3 is 0 Å². The lowest BCUT2D eigenvalue weighted by molar-refractivity contribution is -0.117. The van der Waals surface area contributed by atoms with Crippen LogP contribution in [0.5, 0.6) is 0 Å². The Morgan fingerprint density at radius 3 is 2.33 bits per heavy atom. The van der Waals surface area contributed by atoms with Crippen LogP contribution in [0.2, 0.25) is 0 Å². The summed E-state index contributed by atoms with van der Waals surface area (Å²) in [5, 5.41) is 6.91. The number of carbonyl (C=O) groups is 1. The van der Waals surface area contributed by atoms with Crippen LogP contribution in [0.3, 0.4) is 0 Å². The number of piperazine rings is 1. The molecule has 1 fully saturated rings. The minimum atomic E-state index is -3.53. The number of hydrogen-bond acceptors (Lipinski definition) is 5. The normalized spacial score (nSPS) is 16.4. The van der Waals surface area contributed by atoms with E-state index < -0.39 is 10.0 Å². The number of amides is 1. The number of nitrogens with zero attached hydrogens (tertiary/aromatic N) is 4. The molecule has 1 saturated heterocycles. The lowest BCUT2D eigenvalue weighted by atomic mass is 10.1. The van der Waals surface area contributed by atoms with Gasteiger partial charge in [-0.3, -0.25) is 14.4 Å². The zero-order valence-electron chi connectivity index (χ0n) is 15.8. The van der Waals surface area contributed by atoms with Crippen molar-refractivity contribution in [1.82, 2.24) is 19.0 Å². The molecule has 0 atom stereocenters. The van der Waals surface area contributed by atoms with E-state index in [2.05, 4.69) is 10.4 Å². The predicted octanol–water partition coefficient (Wildman–Crippen LogP) is 0.982. The Labute approximate surface area is 159 Å². The minimum Gasteiger partial charge on any atom is -0.324 e. The Morgan fingerprint density at radius 1 is 1.15 bits per heavy atom. The Kier molecular flexibility index (Phi) is 5.64. The molecule has 1 aliphatic heterocycles. The molecule has 9 heteroatoms. The summed E-state index contributed by atoms with van der Waals surface area (Å²) in [5.41, 5.74) is 2.90. The van der Waals surface area contributed by atoms with Crippen molar-refractivity contribution in [2.45, 2.75) is 18.7 Å². The standard InChI is InChI=1S/C18H25N5O3S/c1-14-5-4-6-15(2)18(14)20-17(24)13-22-7-9-23(10-8-22)27(25,26)16-11-19-21(3)12-16/h4-6,11-12H,7-10,13H2,1-3H3,(H,20,24). The summed E-state index contributed by atoms with van der Waals surface area (Å²) in [7, 11) is -1.84. The van der Waals surface area contributed by atoms with E-state index in [0.29, 0.717) is 26.2 Å². The van der Waals surface area contributed by atoms with Gasteiger partial charge in [-0.15, -0.1) is 0 Å². The highest BCUT2D eigenvalue weighted by atomic mass is 32.2. The van der Waals surface area contributed by atoms with E-state index >= 15 is 0 Å². The average Bonchev–Trinajstić information content (AvgIpc) is 3.06. The zero-order chi connectivity index (χ0) is 19.6. The van der Waals surface area contributed by atoms with Crippen LogP contribution in [0.4, 0.5) is 5.69 Å². The number of benzene rings is 1. The number of sulfonamides is 1. The largest absolute Gasteiger partial charge is 0.324 e. The number of hydrogen-bond donors (Lipinski definition) is 1. The molecule has 1 amide bonds. The SMILES string of the molecule is Cc1cccc(C)c1NC(=O)CN1CCN(S(=O)(=O)c2cnn(C)c2)CC1. The number of aryl methyl sites for hydroxylation is 3. The van der Waals surface area contributed by atoms with E-state index in [-0.39, 0.29) is 17.3 Å². The van der Waals surface area contributed by atoms with Crippen molar-refractivity contribution < 1.29 is 13.2 Å². The van der Waals surface area contributed by atoms with Crippen LogP contribution in [-0.4, -0.2) is 66.0 Å². The molecular formula is C18H25N5O3S. The monoisotopic (exact) mass is 391 g/mol. The Bertz CT molecular complexity index is 910. The highest BCUT2D eigenvalue weighted by molar-refractivity contribution is 7.89. The van der Waals surface area contributed by atoms with Crippen molar-refractivity contribution in [2.75, 3.05) is 38.0 Å². The second-order valence-corrected chi connectivity index (χ2v) is 8.78. The van der Waals surface area contributed by atoms with Crippen LogP contribution < -0.4 is 5.32 Å². The van der Waals surface area contributed by atoms with Gasteiger partial charge in [0.05, 0.1) is 12.7 Å². The van der Waals surface area contributed by atoms with Gasteiger partial charge in [-0.2, -0.15) is 9.40 Å². The zero-order valence-corrected chi connectivity index (χ0v) is 16.7. The van der Waals surface area contributed by atoms with Gasteiger partial charge in [0, 0.05) is 45.1 Å². The topological polar surface area (TPSA) is 87.5 Å². The number of aromatic nitrogens is 2. The van der Waals surface area contributed by atoms with Gasteiger partial charge in [0.15, 0.2) is 0 Å². The third kappa shape index (κ3) is 4.37. The van der Waals surface area contributed by atoms with Gasteiger partial charge in [-0.05, 0) is 25.0 Å². The molecule has 8 nitrogen and oxygen atoms in total. The smallest absolute Gasteiger partial charge is 0.246 e. The highest BCUT2D eigenvalue weighted by Gasteiger charge is 2.30. The first-order valence-corrected chi connectivity index (χ1v) is 10.3. The third-order valence-electron chi connectivity index (χ3n) is 4.76. The summed E-state index contributed by atoms with van der Waals surface area (Å²) in [6.07, 6.45) is 2.86. The molecule has 1 aliphatic rings. The molecule has 3 rings (SSSR count). The first kappa shape index (κ1) is 19.5. The summed E-state index contributed by atoms with van der Waals surface area (Å²) >= 11 is 0. The molecule has 2 aromatic rings. The molecule has 1 aromatic heterocycles. The van der Waals surface area contributed by atoms with Crippen molar-refractivity contribution >= 4 is 21.6 Å². The molecule has 1 N–H and O–H groups in total. The summed E-state index contributed by atoms with van der Waals surface area (Å²) in [4.78, 5) is 14.6. The van der Waals surface area contributed by atoms with Crippen molar-refractivity contribution in [3.05, 3.63) is 41.7 Å². The number of rotatable bonds is 5. The van der Waals surface area contributed by atoms with Crippen LogP contribution in [0, 0.1) is 13.8 Å². The molecule has 0 spiro atoms. The molecule has 0 saturated carbocycles. The maximum Gasteiger partial charge on any atom is 0.246 e. The van der Waals surface area contributed by atoms with Crippen molar-refractivity contribution in [3.8, 4) is 0 Å². The van der Waals surface area contributed by atoms with Gasteiger partial charge in [0.25, 0.3) is 0 Å². The fraction of sp³-hybridized carbons (Fsp3) is 0.444. The number of nitrogens with one attached hydrogen (secondary N) is 1. The van der Waals surface area contributed by atoms with E-state index in [9.17, 15) is 13.2 Å². The third-order valence-corrected chi connectivity index (χ3v) is 6.61. The Hall–Kier alpha value is -2.23. The van der Waals surface area contributed by atoms with Gasteiger partial charge < -0.3 is 5.32 Å². The molecule has 27 heavy (non-hydrogen) atoms. The number of anilines is 1. The lowest BCUT2D eigenvalue weighted by Gasteiger charge is -2.33. The number of para-hydroxylation sites is 1. The molecule has 146 valence electrons. The first-order valence-electron chi connectivity index (χ1n) is 8.84. The van der Waals surface area contributed by atoms with Crippen LogP contribution in [0.25, 0.3) is 0 Å². The van der Waals surface area contributed by atoms with E-state index in [1.165, 1.54) is 21.4 Å². The first-order chi connectivity index (χ1) is 12.8. The maximum absolute atomic E-state index is 12.6. The Morgan fingerprint density at radius 2 is 1.78 bits per heavy atom. The van der Waals surface area contributed by atoms with Crippen LogP contribution in [0.1, 0.15) is 11.1 Å². The van der Waals surface area contributed by atoms with Crippen molar-refractivity contribution in [1.29, 1.82) is 0 Å². The maximum atomic E-state index is 12.6. The highest BCUT2D eigenvalue weighted by Crippen LogP contribution is 2.20. The van der Waals surface area contributed by atoms with E-state index in [1.54, 1.807) is 7.05 Å². The molecule has 1 aromatic carbocycles. The second kappa shape index (κ2) is 7.79. The molecule has 2 heterocycles. The summed E-state index contributed by atoms with van der Waals surface area (Å²) in [5.74, 6) is -0.0871. The van der Waals surface area contributed by atoms with Crippen LogP contribution >= 0.6 is 0 Å². The summed E-state index contributed by atoms with van der Waals surface area (Å²) in [6, 6.07) is 5.89. The minimum absolute atomic E-state index is 0.0871. The molecular weight excluding hydrogens is 366 g/mol. The van der Waals surface area contributed by atoms with Crippen molar-refractivity contribution in [3.63, 3.8) is 0 Å². The Balaban J connectivity index is 1.56.